The number of carbonyl (C=O) groups excluding carboxylic acids is 3. The highest BCUT2D eigenvalue weighted by atomic mass is 32.1. The maximum Gasteiger partial charge on any atom is 0.408 e. The molecule has 2 N–H and O–H groups in total. The maximum absolute atomic E-state index is 13.0. The molecule has 1 heterocycles. The SMILES string of the molecule is CC(CS)C(=O)N1CCC[C@@]1(C(=O)O)C(=O)C(C)NC(=O)OC(C)(C)C. The molecule has 0 bridgehead atoms. The minimum Gasteiger partial charge on any atom is -0.479 e. The summed E-state index contributed by atoms with van der Waals surface area (Å²) in [5.74, 6) is -2.84. The summed E-state index contributed by atoms with van der Waals surface area (Å²) < 4.78 is 5.10. The number of alkyl carbamates (subject to hydrolysis) is 1. The van der Waals surface area contributed by atoms with Gasteiger partial charge in [0.15, 0.2) is 5.78 Å². The van der Waals surface area contributed by atoms with E-state index >= 15 is 0 Å². The average Bonchev–Trinajstić information content (AvgIpc) is 2.96. The first-order valence-corrected chi connectivity index (χ1v) is 9.19. The molecular formula is C17H28N2O6S. The molecule has 0 aromatic rings. The van der Waals surface area contributed by atoms with Crippen LogP contribution in [0.25, 0.3) is 0 Å². The van der Waals surface area contributed by atoms with Crippen LogP contribution in [-0.2, 0) is 19.1 Å². The number of nitrogens with zero attached hydrogens (tertiary/aromatic N) is 1. The van der Waals surface area contributed by atoms with E-state index in [1.807, 2.05) is 0 Å². The molecule has 2 amide bonds. The van der Waals surface area contributed by atoms with E-state index < -0.39 is 46.9 Å². The average molecular weight is 388 g/mol. The van der Waals surface area contributed by atoms with Crippen molar-refractivity contribution in [2.24, 2.45) is 5.92 Å². The quantitative estimate of drug-likeness (QED) is 0.469. The first-order valence-electron chi connectivity index (χ1n) is 8.56. The molecule has 3 atom stereocenters. The van der Waals surface area contributed by atoms with Crippen molar-refractivity contribution in [3.05, 3.63) is 0 Å². The van der Waals surface area contributed by atoms with Crippen LogP contribution in [0.1, 0.15) is 47.5 Å². The molecular weight excluding hydrogens is 360 g/mol. The predicted octanol–water partition coefficient (Wildman–Crippen LogP) is 1.48. The summed E-state index contributed by atoms with van der Waals surface area (Å²) in [6, 6.07) is -1.12. The summed E-state index contributed by atoms with van der Waals surface area (Å²) in [6.45, 7) is 8.22. The van der Waals surface area contributed by atoms with Crippen LogP contribution in [-0.4, -0.2) is 63.2 Å². The van der Waals surface area contributed by atoms with Gasteiger partial charge in [-0.25, -0.2) is 9.59 Å². The van der Waals surface area contributed by atoms with Crippen LogP contribution < -0.4 is 5.32 Å². The lowest BCUT2D eigenvalue weighted by molar-refractivity contribution is -0.163. The molecule has 0 aromatic heterocycles. The highest BCUT2D eigenvalue weighted by Crippen LogP contribution is 2.33. The van der Waals surface area contributed by atoms with Crippen LogP contribution in [0, 0.1) is 5.92 Å². The Morgan fingerprint density at radius 2 is 1.85 bits per heavy atom. The zero-order valence-electron chi connectivity index (χ0n) is 15.9. The van der Waals surface area contributed by atoms with Crippen molar-refractivity contribution in [2.75, 3.05) is 12.3 Å². The molecule has 0 aliphatic carbocycles. The summed E-state index contributed by atoms with van der Waals surface area (Å²) in [7, 11) is 0. The van der Waals surface area contributed by atoms with Crippen molar-refractivity contribution in [1.29, 1.82) is 0 Å². The third-order valence-electron chi connectivity index (χ3n) is 4.23. The molecule has 1 aliphatic rings. The number of nitrogens with one attached hydrogen (secondary N) is 1. The number of thiol groups is 1. The second-order valence-corrected chi connectivity index (χ2v) is 7.94. The van der Waals surface area contributed by atoms with Gasteiger partial charge in [0.1, 0.15) is 5.60 Å². The zero-order valence-corrected chi connectivity index (χ0v) is 16.8. The third-order valence-corrected chi connectivity index (χ3v) is 4.78. The lowest BCUT2D eigenvalue weighted by Gasteiger charge is -2.36. The van der Waals surface area contributed by atoms with E-state index in [4.69, 9.17) is 4.74 Å². The Morgan fingerprint density at radius 1 is 1.27 bits per heavy atom. The van der Waals surface area contributed by atoms with E-state index in [9.17, 15) is 24.3 Å². The number of aliphatic carboxylic acids is 1. The number of ether oxygens (including phenoxy) is 1. The lowest BCUT2D eigenvalue weighted by Crippen LogP contribution is -2.64. The summed E-state index contributed by atoms with van der Waals surface area (Å²) >= 11 is 4.08. The van der Waals surface area contributed by atoms with E-state index in [0.717, 1.165) is 4.90 Å². The minimum atomic E-state index is -1.98. The van der Waals surface area contributed by atoms with Gasteiger partial charge in [0.05, 0.1) is 6.04 Å². The second-order valence-electron chi connectivity index (χ2n) is 7.57. The molecule has 1 fully saturated rings. The fourth-order valence-electron chi connectivity index (χ4n) is 2.95. The van der Waals surface area contributed by atoms with Crippen molar-refractivity contribution >= 4 is 36.4 Å². The van der Waals surface area contributed by atoms with Crippen LogP contribution >= 0.6 is 12.6 Å². The molecule has 2 unspecified atom stereocenters. The van der Waals surface area contributed by atoms with Crippen LogP contribution in [0.5, 0.6) is 0 Å². The van der Waals surface area contributed by atoms with Crippen LogP contribution in [0.3, 0.4) is 0 Å². The fourth-order valence-corrected chi connectivity index (χ4v) is 3.11. The van der Waals surface area contributed by atoms with E-state index in [1.165, 1.54) is 6.92 Å². The molecule has 0 radical (unpaired) electrons. The van der Waals surface area contributed by atoms with Crippen LogP contribution in [0.15, 0.2) is 0 Å². The van der Waals surface area contributed by atoms with Crippen molar-refractivity contribution in [3.63, 3.8) is 0 Å². The molecule has 1 aliphatic heterocycles. The second kappa shape index (κ2) is 8.28. The van der Waals surface area contributed by atoms with Gasteiger partial charge in [-0.3, -0.25) is 9.59 Å². The van der Waals surface area contributed by atoms with E-state index in [2.05, 4.69) is 17.9 Å². The van der Waals surface area contributed by atoms with Crippen LogP contribution in [0.2, 0.25) is 0 Å². The number of carboxylic acid groups (broad SMARTS) is 1. The number of hydrogen-bond donors (Lipinski definition) is 3. The highest BCUT2D eigenvalue weighted by Gasteiger charge is 2.57. The molecule has 1 rings (SSSR count). The van der Waals surface area contributed by atoms with Crippen molar-refractivity contribution in [2.45, 2.75) is 64.6 Å². The molecule has 26 heavy (non-hydrogen) atoms. The summed E-state index contributed by atoms with van der Waals surface area (Å²) in [6.07, 6.45) is -0.423. The number of ketones is 1. The Balaban J connectivity index is 3.07. The summed E-state index contributed by atoms with van der Waals surface area (Å²) in [4.78, 5) is 50.6. The van der Waals surface area contributed by atoms with Gasteiger partial charge in [0, 0.05) is 18.2 Å². The Labute approximate surface area is 159 Å². The maximum atomic E-state index is 13.0. The number of likely N-dealkylation sites (tertiary alicyclic amines) is 1. The Morgan fingerprint density at radius 3 is 2.31 bits per heavy atom. The number of rotatable bonds is 6. The monoisotopic (exact) mass is 388 g/mol. The Kier molecular flexibility index (Phi) is 7.09. The van der Waals surface area contributed by atoms with E-state index in [0.29, 0.717) is 6.42 Å². The zero-order chi connectivity index (χ0) is 20.3. The van der Waals surface area contributed by atoms with Gasteiger partial charge >= 0.3 is 12.1 Å². The standard InChI is InChI=1S/C17H28N2O6S/c1-10(9-26)13(21)19-8-6-7-17(19,14(22)23)12(20)11(2)18-15(24)25-16(3,4)5/h10-11,26H,6-9H2,1-5H3,(H,18,24)(H,22,23)/t10?,11?,17-/m0/s1. The van der Waals surface area contributed by atoms with Crippen molar-refractivity contribution < 1.29 is 29.0 Å². The van der Waals surface area contributed by atoms with Gasteiger partial charge in [-0.1, -0.05) is 6.92 Å². The van der Waals surface area contributed by atoms with Crippen LogP contribution in [0.4, 0.5) is 4.79 Å². The number of amides is 2. The van der Waals surface area contributed by atoms with E-state index in [-0.39, 0.29) is 18.7 Å². The van der Waals surface area contributed by atoms with Gasteiger partial charge in [-0.15, -0.1) is 0 Å². The molecule has 8 nitrogen and oxygen atoms in total. The molecule has 148 valence electrons. The van der Waals surface area contributed by atoms with E-state index in [1.54, 1.807) is 27.7 Å². The molecule has 9 heteroatoms. The van der Waals surface area contributed by atoms with Gasteiger partial charge in [0.2, 0.25) is 11.4 Å². The first-order chi connectivity index (χ1) is 11.9. The van der Waals surface area contributed by atoms with Crippen molar-refractivity contribution in [1.82, 2.24) is 10.2 Å². The summed E-state index contributed by atoms with van der Waals surface area (Å²) in [5, 5.41) is 12.2. The van der Waals surface area contributed by atoms with Gasteiger partial charge in [0.25, 0.3) is 0 Å². The Bertz CT molecular complexity index is 588. The molecule has 0 spiro atoms. The number of Topliss-reactive ketones (excluding diaryl/α,β-unsaturated/α-hetero) is 1. The topological polar surface area (TPSA) is 113 Å². The van der Waals surface area contributed by atoms with Crippen molar-refractivity contribution in [3.8, 4) is 0 Å². The normalized spacial score (nSPS) is 22.5. The first kappa shape index (κ1) is 22.3. The Hall–Kier alpha value is -1.77. The number of hydrogen-bond acceptors (Lipinski definition) is 6. The molecule has 1 saturated heterocycles. The predicted molar refractivity (Wildman–Crippen MR) is 98.2 cm³/mol. The fraction of sp³-hybridized carbons (Fsp3) is 0.765. The van der Waals surface area contributed by atoms with Gasteiger partial charge in [-0.2, -0.15) is 12.6 Å². The third kappa shape index (κ3) is 4.69. The minimum absolute atomic E-state index is 0.00648. The smallest absolute Gasteiger partial charge is 0.408 e. The molecule has 0 aromatic carbocycles. The lowest BCUT2D eigenvalue weighted by atomic mass is 9.86. The largest absolute Gasteiger partial charge is 0.479 e. The molecule has 0 saturated carbocycles. The summed E-state index contributed by atoms with van der Waals surface area (Å²) in [5.41, 5.74) is -2.74. The van der Waals surface area contributed by atoms with Gasteiger partial charge in [-0.05, 0) is 40.5 Å². The number of carboxylic acids is 1. The number of carbonyl (C=O) groups is 4. The van der Waals surface area contributed by atoms with Gasteiger partial charge < -0.3 is 20.1 Å². The highest BCUT2D eigenvalue weighted by molar-refractivity contribution is 7.80.